The van der Waals surface area contributed by atoms with Gasteiger partial charge in [0.15, 0.2) is 24.0 Å². The molecule has 2 fully saturated rings. The number of aliphatic hydroxyl groups excluding tert-OH is 5. The molecule has 0 aromatic carbocycles. The van der Waals surface area contributed by atoms with Gasteiger partial charge in [0.1, 0.15) is 49.2 Å². The molecule has 4 heterocycles. The lowest BCUT2D eigenvalue weighted by molar-refractivity contribution is -0.256. The number of carbonyl (C=O) groups is 1. The summed E-state index contributed by atoms with van der Waals surface area (Å²) in [5.41, 5.74) is 6.62. The second kappa shape index (κ2) is 17.2. The van der Waals surface area contributed by atoms with Gasteiger partial charge < -0.3 is 65.0 Å². The molecule has 4 rings (SSSR count). The lowest BCUT2D eigenvalue weighted by Gasteiger charge is -2.36. The van der Waals surface area contributed by atoms with Crippen LogP contribution in [0.1, 0.15) is 31.9 Å². The molecule has 2 aliphatic heterocycles. The minimum atomic E-state index is -1.15. The number of nitrogens with one attached hydrogen (secondary N) is 1. The highest BCUT2D eigenvalue weighted by Gasteiger charge is 2.46. The first-order valence-corrected chi connectivity index (χ1v) is 14.5. The van der Waals surface area contributed by atoms with Gasteiger partial charge in [0.25, 0.3) is 0 Å². The van der Waals surface area contributed by atoms with Crippen LogP contribution in [0.15, 0.2) is 12.7 Å². The van der Waals surface area contributed by atoms with Crippen LogP contribution in [0.2, 0.25) is 0 Å². The number of aromatic nitrogens is 4. The van der Waals surface area contributed by atoms with E-state index in [0.717, 1.165) is 0 Å². The van der Waals surface area contributed by atoms with Crippen molar-refractivity contribution in [3.8, 4) is 0 Å². The van der Waals surface area contributed by atoms with Gasteiger partial charge in [-0.1, -0.05) is 0 Å². The van der Waals surface area contributed by atoms with Gasteiger partial charge in [-0.05, 0) is 12.8 Å². The van der Waals surface area contributed by atoms with Crippen molar-refractivity contribution >= 4 is 22.9 Å². The number of nitrogens with zero attached hydrogens (tertiary/aromatic N) is 4. The van der Waals surface area contributed by atoms with E-state index in [9.17, 15) is 30.3 Å². The maximum Gasteiger partial charge on any atom is 0.220 e. The van der Waals surface area contributed by atoms with Gasteiger partial charge in [0, 0.05) is 26.0 Å². The molecule has 0 radical (unpaired) electrons. The SMILES string of the molecule is Nc1ncnc2c1ncn2[C@@H]1O[C@H](CO)[C@@H](O)[C@H]1OCOCCOCCNC(=O)CCCCO[C@@H]1C[C@H](O)[C@H](O)[C@H](CO)O1. The van der Waals surface area contributed by atoms with E-state index in [1.807, 2.05) is 0 Å². The maximum atomic E-state index is 12.0. The first-order chi connectivity index (χ1) is 21.3. The highest BCUT2D eigenvalue weighted by Crippen LogP contribution is 2.34. The highest BCUT2D eigenvalue weighted by molar-refractivity contribution is 5.81. The summed E-state index contributed by atoms with van der Waals surface area (Å²) in [6.07, 6.45) is -3.19. The van der Waals surface area contributed by atoms with Crippen LogP contribution in [0.4, 0.5) is 5.82 Å². The Labute approximate surface area is 253 Å². The Morgan fingerprint density at radius 3 is 2.55 bits per heavy atom. The van der Waals surface area contributed by atoms with Gasteiger partial charge >= 0.3 is 0 Å². The number of aliphatic hydroxyl groups is 5. The molecular weight excluding hydrogens is 588 g/mol. The summed E-state index contributed by atoms with van der Waals surface area (Å²) in [5.74, 6) is 0.0706. The molecule has 8 N–H and O–H groups in total. The minimum absolute atomic E-state index is 0.108. The number of ether oxygens (including phenoxy) is 6. The van der Waals surface area contributed by atoms with Crippen LogP contribution in [0, 0.1) is 0 Å². The van der Waals surface area contributed by atoms with Crippen LogP contribution in [0.3, 0.4) is 0 Å². The molecule has 2 saturated heterocycles. The van der Waals surface area contributed by atoms with Crippen molar-refractivity contribution < 1.29 is 58.7 Å². The number of unbranched alkanes of at least 4 members (excludes halogenated alkanes) is 1. The van der Waals surface area contributed by atoms with Crippen LogP contribution in [-0.2, 0) is 33.2 Å². The van der Waals surface area contributed by atoms with Crippen LogP contribution < -0.4 is 11.1 Å². The zero-order valence-corrected chi connectivity index (χ0v) is 24.2. The van der Waals surface area contributed by atoms with Gasteiger partial charge in [-0.25, -0.2) is 15.0 Å². The molecule has 248 valence electrons. The number of carbonyl (C=O) groups excluding carboxylic acids is 1. The Kier molecular flexibility index (Phi) is 13.4. The highest BCUT2D eigenvalue weighted by atomic mass is 16.7. The quantitative estimate of drug-likeness (QED) is 0.0647. The number of hydrogen-bond donors (Lipinski definition) is 7. The van der Waals surface area contributed by atoms with Crippen molar-refractivity contribution in [1.82, 2.24) is 24.8 Å². The van der Waals surface area contributed by atoms with E-state index < -0.39 is 62.4 Å². The molecular formula is C26H42N6O12. The molecule has 2 aromatic heterocycles. The molecule has 0 bridgehead atoms. The number of nitrogens with two attached hydrogens (primary N) is 1. The number of rotatable bonds is 18. The number of nitrogen functional groups attached to an aromatic ring is 1. The Balaban J connectivity index is 1.03. The summed E-state index contributed by atoms with van der Waals surface area (Å²) in [6, 6.07) is 0. The van der Waals surface area contributed by atoms with Crippen molar-refractivity contribution in [2.75, 3.05) is 58.7 Å². The fourth-order valence-electron chi connectivity index (χ4n) is 4.86. The van der Waals surface area contributed by atoms with Crippen LogP contribution in [0.5, 0.6) is 0 Å². The van der Waals surface area contributed by atoms with Crippen LogP contribution in [-0.4, -0.2) is 147 Å². The lowest BCUT2D eigenvalue weighted by Crippen LogP contribution is -2.50. The molecule has 1 amide bonds. The summed E-state index contributed by atoms with van der Waals surface area (Å²) >= 11 is 0. The largest absolute Gasteiger partial charge is 0.394 e. The third-order valence-corrected chi connectivity index (χ3v) is 7.26. The molecule has 2 aromatic rings. The molecule has 8 atom stereocenters. The van der Waals surface area contributed by atoms with Crippen LogP contribution in [0.25, 0.3) is 11.2 Å². The number of amides is 1. The second-order valence-corrected chi connectivity index (χ2v) is 10.3. The summed E-state index contributed by atoms with van der Waals surface area (Å²) in [7, 11) is 0. The summed E-state index contributed by atoms with van der Waals surface area (Å²) in [5, 5.41) is 51.7. The Morgan fingerprint density at radius 1 is 0.977 bits per heavy atom. The monoisotopic (exact) mass is 630 g/mol. The Bertz CT molecular complexity index is 1160. The molecule has 0 aliphatic carbocycles. The van der Waals surface area contributed by atoms with Gasteiger partial charge in [-0.3, -0.25) is 9.36 Å². The first-order valence-electron chi connectivity index (χ1n) is 14.5. The van der Waals surface area contributed by atoms with E-state index in [4.69, 9.17) is 34.2 Å². The number of fused-ring (bicyclic) bond motifs is 1. The van der Waals surface area contributed by atoms with E-state index in [1.165, 1.54) is 12.7 Å². The van der Waals surface area contributed by atoms with E-state index >= 15 is 0 Å². The predicted octanol–water partition coefficient (Wildman–Crippen LogP) is -2.83. The second-order valence-electron chi connectivity index (χ2n) is 10.3. The average molecular weight is 631 g/mol. The standard InChI is InChI=1S/C26H42N6O12/c27-24-20-25(30-12-29-24)32(13-31-20)26-23(22(38)17(11-34)44-26)42-14-40-8-7-39-6-4-28-18(36)3-1-2-5-41-19-9-15(35)21(37)16(10-33)43-19/h12-13,15-17,19,21-23,26,33-35,37-38H,1-11,14H2,(H,28,36)(H2,27,29,30)/t15-,16-,17+,19-,21-,22+,23+,26+/m0/s1. The summed E-state index contributed by atoms with van der Waals surface area (Å²) < 4.78 is 34.9. The predicted molar refractivity (Wildman–Crippen MR) is 148 cm³/mol. The Hall–Kier alpha value is -2.62. The lowest BCUT2D eigenvalue weighted by atomic mass is 10.0. The number of anilines is 1. The normalized spacial score (nSPS) is 28.9. The van der Waals surface area contributed by atoms with E-state index in [2.05, 4.69) is 20.3 Å². The maximum absolute atomic E-state index is 12.0. The van der Waals surface area contributed by atoms with Gasteiger partial charge in [0.05, 0.1) is 45.5 Å². The van der Waals surface area contributed by atoms with Gasteiger partial charge in [0.2, 0.25) is 5.91 Å². The fourth-order valence-corrected chi connectivity index (χ4v) is 4.86. The minimum Gasteiger partial charge on any atom is -0.394 e. The Morgan fingerprint density at radius 2 is 1.75 bits per heavy atom. The van der Waals surface area contributed by atoms with E-state index in [1.54, 1.807) is 4.57 Å². The van der Waals surface area contributed by atoms with E-state index in [0.29, 0.717) is 43.6 Å². The molecule has 18 nitrogen and oxygen atoms in total. The molecule has 0 saturated carbocycles. The topological polar surface area (TPSA) is 255 Å². The van der Waals surface area contributed by atoms with Crippen molar-refractivity contribution in [2.24, 2.45) is 0 Å². The van der Waals surface area contributed by atoms with E-state index in [-0.39, 0.29) is 44.8 Å². The zero-order valence-electron chi connectivity index (χ0n) is 24.2. The average Bonchev–Trinajstić information content (AvgIpc) is 3.58. The molecule has 44 heavy (non-hydrogen) atoms. The van der Waals surface area contributed by atoms with Gasteiger partial charge in [-0.2, -0.15) is 0 Å². The first kappa shape index (κ1) is 34.3. The third-order valence-electron chi connectivity index (χ3n) is 7.26. The molecule has 2 aliphatic rings. The van der Waals surface area contributed by atoms with Crippen molar-refractivity contribution in [3.63, 3.8) is 0 Å². The van der Waals surface area contributed by atoms with Gasteiger partial charge in [-0.15, -0.1) is 0 Å². The van der Waals surface area contributed by atoms with Crippen molar-refractivity contribution in [2.45, 2.75) is 74.8 Å². The zero-order chi connectivity index (χ0) is 31.5. The summed E-state index contributed by atoms with van der Waals surface area (Å²) in [6.45, 7) is 0.356. The summed E-state index contributed by atoms with van der Waals surface area (Å²) in [4.78, 5) is 24.3. The molecule has 18 heteroatoms. The van der Waals surface area contributed by atoms with Crippen molar-refractivity contribution in [1.29, 1.82) is 0 Å². The number of hydrogen-bond acceptors (Lipinski definition) is 16. The molecule has 0 unspecified atom stereocenters. The van der Waals surface area contributed by atoms with Crippen LogP contribution >= 0.6 is 0 Å². The van der Waals surface area contributed by atoms with Crippen molar-refractivity contribution in [3.05, 3.63) is 12.7 Å². The number of imidazole rings is 1. The third kappa shape index (κ3) is 8.98. The fraction of sp³-hybridized carbons (Fsp3) is 0.769. The molecule has 0 spiro atoms. The smallest absolute Gasteiger partial charge is 0.220 e.